The molecule has 46 valence electrons. The molecule has 0 aromatic heterocycles. The Morgan fingerprint density at radius 2 is 2.50 bits per heavy atom. The first-order valence-electron chi connectivity index (χ1n) is 2.36. The Balaban J connectivity index is 3.33. The molecule has 3 heteroatoms. The fourth-order valence-electron chi connectivity index (χ4n) is 0.269. The largest absolute Gasteiger partial charge is 0.463 e. The van der Waals surface area contributed by atoms with Gasteiger partial charge in [-0.25, -0.2) is 4.79 Å². The fourth-order valence-corrected chi connectivity index (χ4v) is 0.269. The molecule has 0 amide bonds. The maximum absolute atomic E-state index is 10.3. The van der Waals surface area contributed by atoms with Crippen LogP contribution in [0.1, 0.15) is 6.92 Å². The minimum absolute atomic E-state index is 0.392. The highest BCUT2D eigenvalue weighted by molar-refractivity contribution is 5.81. The molecule has 0 fully saturated rings. The van der Waals surface area contributed by atoms with Gasteiger partial charge in [0.1, 0.15) is 0 Å². The number of carbonyl (C=O) groups excluding carboxylic acids is 1. The summed E-state index contributed by atoms with van der Waals surface area (Å²) in [5.74, 6) is -0.394. The van der Waals surface area contributed by atoms with Crippen LogP contribution in [0.15, 0.2) is 12.3 Å². The van der Waals surface area contributed by atoms with Crippen LogP contribution < -0.4 is 5.73 Å². The monoisotopic (exact) mass is 115 g/mol. The van der Waals surface area contributed by atoms with Crippen LogP contribution in [0.2, 0.25) is 0 Å². The predicted octanol–water partition coefficient (Wildman–Crippen LogP) is 0.0219. The molecule has 8 heavy (non-hydrogen) atoms. The lowest BCUT2D eigenvalue weighted by Crippen LogP contribution is -1.99. The van der Waals surface area contributed by atoms with Crippen LogP contribution in [0.25, 0.3) is 0 Å². The van der Waals surface area contributed by atoms with Gasteiger partial charge in [-0.2, -0.15) is 0 Å². The SMILES string of the molecule is CCOC(=O)/C=C/N. The fraction of sp³-hybridized carbons (Fsp3) is 0.400. The van der Waals surface area contributed by atoms with Crippen molar-refractivity contribution in [1.29, 1.82) is 0 Å². The second kappa shape index (κ2) is 4.18. The summed E-state index contributed by atoms with van der Waals surface area (Å²) in [6, 6.07) is 0. The van der Waals surface area contributed by atoms with Gasteiger partial charge in [0.15, 0.2) is 0 Å². The molecule has 0 spiro atoms. The Morgan fingerprint density at radius 3 is 2.88 bits per heavy atom. The van der Waals surface area contributed by atoms with Gasteiger partial charge >= 0.3 is 5.97 Å². The topological polar surface area (TPSA) is 52.3 Å². The molecule has 0 radical (unpaired) electrons. The molecule has 0 rings (SSSR count). The Bertz CT molecular complexity index is 98.6. The number of carbonyl (C=O) groups is 1. The standard InChI is InChI=1S/C5H9NO2/c1-2-8-5(7)3-4-6/h3-4H,2,6H2,1H3/b4-3+. The smallest absolute Gasteiger partial charge is 0.332 e. The van der Waals surface area contributed by atoms with Gasteiger partial charge in [-0.15, -0.1) is 0 Å². The van der Waals surface area contributed by atoms with E-state index < -0.39 is 5.97 Å². The normalized spacial score (nSPS) is 9.62. The summed E-state index contributed by atoms with van der Waals surface area (Å²) in [5, 5.41) is 0. The van der Waals surface area contributed by atoms with Crippen molar-refractivity contribution in [2.24, 2.45) is 5.73 Å². The average molecular weight is 115 g/mol. The third-order valence-corrected chi connectivity index (χ3v) is 0.519. The second-order valence-electron chi connectivity index (χ2n) is 1.11. The molecule has 0 aliphatic carbocycles. The molecule has 0 bridgehead atoms. The zero-order valence-corrected chi connectivity index (χ0v) is 4.76. The summed E-state index contributed by atoms with van der Waals surface area (Å²) < 4.78 is 4.48. The van der Waals surface area contributed by atoms with Crippen molar-refractivity contribution in [3.63, 3.8) is 0 Å². The summed E-state index contributed by atoms with van der Waals surface area (Å²) in [5.41, 5.74) is 4.88. The van der Waals surface area contributed by atoms with Crippen molar-refractivity contribution in [2.75, 3.05) is 6.61 Å². The van der Waals surface area contributed by atoms with Gasteiger partial charge in [-0.05, 0) is 6.92 Å². The van der Waals surface area contributed by atoms with Gasteiger partial charge in [0.2, 0.25) is 0 Å². The lowest BCUT2D eigenvalue weighted by molar-refractivity contribution is -0.137. The van der Waals surface area contributed by atoms with Crippen LogP contribution in [0.3, 0.4) is 0 Å². The Hall–Kier alpha value is -0.990. The molecule has 0 aliphatic heterocycles. The summed E-state index contributed by atoms with van der Waals surface area (Å²) in [6.45, 7) is 2.13. The first-order valence-corrected chi connectivity index (χ1v) is 2.36. The minimum Gasteiger partial charge on any atom is -0.463 e. The van der Waals surface area contributed by atoms with Crippen molar-refractivity contribution < 1.29 is 9.53 Å². The molecule has 0 saturated heterocycles. The van der Waals surface area contributed by atoms with Crippen molar-refractivity contribution in [3.05, 3.63) is 12.3 Å². The van der Waals surface area contributed by atoms with Gasteiger partial charge in [-0.1, -0.05) is 0 Å². The van der Waals surface area contributed by atoms with E-state index >= 15 is 0 Å². The quantitative estimate of drug-likeness (QED) is 0.408. The molecule has 3 nitrogen and oxygen atoms in total. The van der Waals surface area contributed by atoms with Crippen LogP contribution in [-0.4, -0.2) is 12.6 Å². The van der Waals surface area contributed by atoms with Crippen molar-refractivity contribution >= 4 is 5.97 Å². The van der Waals surface area contributed by atoms with E-state index in [1.54, 1.807) is 6.92 Å². The van der Waals surface area contributed by atoms with E-state index in [1.807, 2.05) is 0 Å². The average Bonchev–Trinajstić information content (AvgIpc) is 1.68. The summed E-state index contributed by atoms with van der Waals surface area (Å²) in [4.78, 5) is 10.3. The third kappa shape index (κ3) is 3.21. The number of nitrogens with two attached hydrogens (primary N) is 1. The number of hydrogen-bond acceptors (Lipinski definition) is 3. The Morgan fingerprint density at radius 1 is 1.88 bits per heavy atom. The number of esters is 1. The first-order chi connectivity index (χ1) is 3.81. The van der Waals surface area contributed by atoms with Crippen LogP contribution in [0.5, 0.6) is 0 Å². The highest BCUT2D eigenvalue weighted by Gasteiger charge is 1.88. The molecular formula is C5H9NO2. The van der Waals surface area contributed by atoms with Gasteiger partial charge in [0.05, 0.1) is 6.61 Å². The van der Waals surface area contributed by atoms with Gasteiger partial charge < -0.3 is 10.5 Å². The van der Waals surface area contributed by atoms with E-state index in [0.29, 0.717) is 6.61 Å². The molecule has 0 aromatic rings. The summed E-state index contributed by atoms with van der Waals surface area (Å²) in [6.07, 6.45) is 2.32. The molecule has 0 aliphatic rings. The van der Waals surface area contributed by atoms with E-state index in [9.17, 15) is 4.79 Å². The van der Waals surface area contributed by atoms with Crippen molar-refractivity contribution in [3.8, 4) is 0 Å². The lowest BCUT2D eigenvalue weighted by atomic mass is 10.6. The van der Waals surface area contributed by atoms with Gasteiger partial charge in [0.25, 0.3) is 0 Å². The highest BCUT2D eigenvalue weighted by atomic mass is 16.5. The van der Waals surface area contributed by atoms with Crippen molar-refractivity contribution in [1.82, 2.24) is 0 Å². The summed E-state index contributed by atoms with van der Waals surface area (Å²) >= 11 is 0. The first kappa shape index (κ1) is 7.01. The van der Waals surface area contributed by atoms with E-state index in [-0.39, 0.29) is 0 Å². The molecule has 0 saturated carbocycles. The van der Waals surface area contributed by atoms with Crippen LogP contribution in [-0.2, 0) is 9.53 Å². The van der Waals surface area contributed by atoms with Crippen LogP contribution >= 0.6 is 0 Å². The molecule has 0 atom stereocenters. The molecule has 0 aromatic carbocycles. The molecule has 2 N–H and O–H groups in total. The number of rotatable bonds is 2. The van der Waals surface area contributed by atoms with Gasteiger partial charge in [0, 0.05) is 12.3 Å². The Labute approximate surface area is 48.1 Å². The van der Waals surface area contributed by atoms with Gasteiger partial charge in [-0.3, -0.25) is 0 Å². The maximum atomic E-state index is 10.3. The predicted molar refractivity (Wildman–Crippen MR) is 30.0 cm³/mol. The van der Waals surface area contributed by atoms with Crippen LogP contribution in [0, 0.1) is 0 Å². The van der Waals surface area contributed by atoms with E-state index in [0.717, 1.165) is 6.20 Å². The molecular weight excluding hydrogens is 106 g/mol. The zero-order chi connectivity index (χ0) is 6.41. The summed E-state index contributed by atoms with van der Waals surface area (Å²) in [7, 11) is 0. The van der Waals surface area contributed by atoms with Crippen molar-refractivity contribution in [2.45, 2.75) is 6.92 Å². The molecule has 0 unspecified atom stereocenters. The number of ether oxygens (including phenoxy) is 1. The number of hydrogen-bond donors (Lipinski definition) is 1. The second-order valence-corrected chi connectivity index (χ2v) is 1.11. The minimum atomic E-state index is -0.394. The van der Waals surface area contributed by atoms with E-state index in [1.165, 1.54) is 6.08 Å². The highest BCUT2D eigenvalue weighted by Crippen LogP contribution is 1.76. The van der Waals surface area contributed by atoms with E-state index in [2.05, 4.69) is 4.74 Å². The Kier molecular flexibility index (Phi) is 3.66. The zero-order valence-electron chi connectivity index (χ0n) is 4.76. The van der Waals surface area contributed by atoms with E-state index in [4.69, 9.17) is 5.73 Å². The molecule has 0 heterocycles. The third-order valence-electron chi connectivity index (χ3n) is 0.519. The lowest BCUT2D eigenvalue weighted by Gasteiger charge is -1.91. The maximum Gasteiger partial charge on any atom is 0.332 e. The van der Waals surface area contributed by atoms with Crippen LogP contribution in [0.4, 0.5) is 0 Å².